The van der Waals surface area contributed by atoms with Gasteiger partial charge in [0.25, 0.3) is 0 Å². The third kappa shape index (κ3) is 2.00. The number of para-hydroxylation sites is 1. The van der Waals surface area contributed by atoms with Crippen molar-refractivity contribution in [2.24, 2.45) is 0 Å². The van der Waals surface area contributed by atoms with Crippen molar-refractivity contribution < 1.29 is 8.91 Å². The molecule has 0 radical (unpaired) electrons. The first-order chi connectivity index (χ1) is 8.75. The molecule has 0 N–H and O–H groups in total. The van der Waals surface area contributed by atoms with Gasteiger partial charge in [0.1, 0.15) is 17.8 Å². The summed E-state index contributed by atoms with van der Waals surface area (Å²) in [5, 5.41) is 4.25. The molecule has 6 heteroatoms. The van der Waals surface area contributed by atoms with Gasteiger partial charge < -0.3 is 9.42 Å². The van der Waals surface area contributed by atoms with Crippen molar-refractivity contribution in [2.45, 2.75) is 0 Å². The largest absolute Gasteiger partial charge is 0.364 e. The van der Waals surface area contributed by atoms with Gasteiger partial charge in [0.05, 0.1) is 21.5 Å². The second kappa shape index (κ2) is 4.66. The Kier molecular flexibility index (Phi) is 3.01. The van der Waals surface area contributed by atoms with E-state index in [2.05, 4.69) is 5.16 Å². The Morgan fingerprint density at radius 2 is 2.28 bits per heavy atom. The summed E-state index contributed by atoms with van der Waals surface area (Å²) < 4.78 is 18.6. The van der Waals surface area contributed by atoms with E-state index >= 15 is 0 Å². The van der Waals surface area contributed by atoms with Crippen molar-refractivity contribution >= 4 is 34.0 Å². The SMILES string of the molecule is Fc1cccc(Cl)c1N1C=C(c2ccon2)SC1. The molecule has 0 saturated carbocycles. The minimum absolute atomic E-state index is 0.333. The molecular formula is C12H8ClFN2OS. The van der Waals surface area contributed by atoms with Gasteiger partial charge in [-0.15, -0.1) is 11.8 Å². The zero-order chi connectivity index (χ0) is 12.5. The Morgan fingerprint density at radius 1 is 1.39 bits per heavy atom. The van der Waals surface area contributed by atoms with Crippen LogP contribution in [0.5, 0.6) is 0 Å². The van der Waals surface area contributed by atoms with Crippen LogP contribution in [0.25, 0.3) is 4.91 Å². The van der Waals surface area contributed by atoms with Crippen molar-refractivity contribution in [3.05, 3.63) is 53.3 Å². The number of aromatic nitrogens is 1. The number of halogens is 2. The summed E-state index contributed by atoms with van der Waals surface area (Å²) in [6.07, 6.45) is 3.34. The fourth-order valence-electron chi connectivity index (χ4n) is 1.73. The zero-order valence-corrected chi connectivity index (χ0v) is 10.7. The second-order valence-electron chi connectivity index (χ2n) is 3.69. The fraction of sp³-hybridized carbons (Fsp3) is 0.0833. The van der Waals surface area contributed by atoms with Gasteiger partial charge in [-0.25, -0.2) is 4.39 Å². The summed E-state index contributed by atoms with van der Waals surface area (Å²) in [6.45, 7) is 0. The highest BCUT2D eigenvalue weighted by molar-refractivity contribution is 8.08. The second-order valence-corrected chi connectivity index (χ2v) is 5.09. The Balaban J connectivity index is 1.96. The van der Waals surface area contributed by atoms with Gasteiger partial charge in [-0.05, 0) is 12.1 Å². The van der Waals surface area contributed by atoms with Gasteiger partial charge >= 0.3 is 0 Å². The van der Waals surface area contributed by atoms with Crippen LogP contribution in [0.2, 0.25) is 5.02 Å². The molecule has 1 aliphatic heterocycles. The maximum absolute atomic E-state index is 13.8. The van der Waals surface area contributed by atoms with Crippen LogP contribution in [0.1, 0.15) is 5.69 Å². The van der Waals surface area contributed by atoms with Gasteiger partial charge in [-0.3, -0.25) is 0 Å². The average molecular weight is 283 g/mol. The minimum atomic E-state index is -0.333. The molecule has 1 aromatic heterocycles. The van der Waals surface area contributed by atoms with E-state index < -0.39 is 0 Å². The van der Waals surface area contributed by atoms with Crippen LogP contribution >= 0.6 is 23.4 Å². The van der Waals surface area contributed by atoms with Crippen LogP contribution in [0, 0.1) is 5.82 Å². The molecule has 3 nitrogen and oxygen atoms in total. The molecule has 0 atom stereocenters. The molecule has 2 aromatic rings. The Bertz CT molecular complexity index is 580. The zero-order valence-electron chi connectivity index (χ0n) is 9.14. The van der Waals surface area contributed by atoms with Gasteiger partial charge in [-0.1, -0.05) is 22.8 Å². The van der Waals surface area contributed by atoms with E-state index in [0.717, 1.165) is 10.6 Å². The van der Waals surface area contributed by atoms with E-state index in [-0.39, 0.29) is 5.82 Å². The lowest BCUT2D eigenvalue weighted by molar-refractivity contribution is 0.418. The first-order valence-electron chi connectivity index (χ1n) is 5.22. The van der Waals surface area contributed by atoms with Gasteiger partial charge in [0, 0.05) is 12.3 Å². The molecule has 0 aliphatic carbocycles. The topological polar surface area (TPSA) is 29.3 Å². The number of hydrogen-bond donors (Lipinski definition) is 0. The van der Waals surface area contributed by atoms with Gasteiger partial charge in [-0.2, -0.15) is 0 Å². The Hall–Kier alpha value is -1.46. The molecule has 92 valence electrons. The minimum Gasteiger partial charge on any atom is -0.364 e. The highest BCUT2D eigenvalue weighted by atomic mass is 35.5. The lowest BCUT2D eigenvalue weighted by Gasteiger charge is -2.16. The number of benzene rings is 1. The van der Waals surface area contributed by atoms with Crippen LogP contribution in [-0.2, 0) is 0 Å². The lowest BCUT2D eigenvalue weighted by Crippen LogP contribution is -2.12. The highest BCUT2D eigenvalue weighted by Crippen LogP contribution is 2.39. The first-order valence-corrected chi connectivity index (χ1v) is 6.58. The van der Waals surface area contributed by atoms with Crippen LogP contribution in [-0.4, -0.2) is 11.0 Å². The molecule has 3 rings (SSSR count). The van der Waals surface area contributed by atoms with Crippen molar-refractivity contribution in [1.82, 2.24) is 5.16 Å². The number of rotatable bonds is 2. The Labute approximate surface area is 112 Å². The molecular weight excluding hydrogens is 275 g/mol. The summed E-state index contributed by atoms with van der Waals surface area (Å²) >= 11 is 7.59. The van der Waals surface area contributed by atoms with Crippen molar-refractivity contribution in [3.8, 4) is 0 Å². The first kappa shape index (κ1) is 11.6. The predicted molar refractivity (Wildman–Crippen MR) is 70.8 cm³/mol. The quantitative estimate of drug-likeness (QED) is 0.833. The van der Waals surface area contributed by atoms with Crippen molar-refractivity contribution in [1.29, 1.82) is 0 Å². The van der Waals surface area contributed by atoms with E-state index in [0.29, 0.717) is 16.6 Å². The molecule has 2 heterocycles. The van der Waals surface area contributed by atoms with Gasteiger partial charge in [0.15, 0.2) is 0 Å². The molecule has 0 amide bonds. The molecule has 0 unspecified atom stereocenters. The van der Waals surface area contributed by atoms with E-state index in [1.165, 1.54) is 12.3 Å². The van der Waals surface area contributed by atoms with Crippen LogP contribution in [0.4, 0.5) is 10.1 Å². The summed E-state index contributed by atoms with van der Waals surface area (Å²) in [6, 6.07) is 6.43. The molecule has 0 fully saturated rings. The van der Waals surface area contributed by atoms with Gasteiger partial charge in [0.2, 0.25) is 0 Å². The third-order valence-electron chi connectivity index (χ3n) is 2.55. The summed E-state index contributed by atoms with van der Waals surface area (Å²) in [5.74, 6) is 0.267. The van der Waals surface area contributed by atoms with E-state index in [4.69, 9.17) is 16.1 Å². The van der Waals surface area contributed by atoms with Crippen LogP contribution in [0.3, 0.4) is 0 Å². The van der Waals surface area contributed by atoms with E-state index in [1.54, 1.807) is 34.9 Å². The normalized spacial score (nSPS) is 15.0. The summed E-state index contributed by atoms with van der Waals surface area (Å²) in [5.41, 5.74) is 1.14. The fourth-order valence-corrected chi connectivity index (χ4v) is 2.94. The number of anilines is 1. The number of thioether (sulfide) groups is 1. The molecule has 18 heavy (non-hydrogen) atoms. The molecule has 1 aliphatic rings. The summed E-state index contributed by atoms with van der Waals surface area (Å²) in [7, 11) is 0. The number of nitrogens with zero attached hydrogens (tertiary/aromatic N) is 2. The van der Waals surface area contributed by atoms with Crippen molar-refractivity contribution in [2.75, 3.05) is 10.8 Å². The summed E-state index contributed by atoms with van der Waals surface area (Å²) in [4.78, 5) is 2.70. The van der Waals surface area contributed by atoms with Crippen LogP contribution in [0.15, 0.2) is 41.3 Å². The van der Waals surface area contributed by atoms with Crippen molar-refractivity contribution in [3.63, 3.8) is 0 Å². The maximum Gasteiger partial charge on any atom is 0.148 e. The highest BCUT2D eigenvalue weighted by Gasteiger charge is 2.21. The van der Waals surface area contributed by atoms with E-state index in [1.807, 2.05) is 6.20 Å². The maximum atomic E-state index is 13.8. The standard InChI is InChI=1S/C12H8ClFN2OS/c13-8-2-1-3-9(14)12(8)16-6-11(18-7-16)10-4-5-17-15-10/h1-6H,7H2. The molecule has 0 spiro atoms. The third-order valence-corrected chi connectivity index (χ3v) is 3.89. The monoisotopic (exact) mass is 282 g/mol. The average Bonchev–Trinajstić information content (AvgIpc) is 2.99. The molecule has 0 bridgehead atoms. The van der Waals surface area contributed by atoms with Crippen LogP contribution < -0.4 is 4.90 Å². The van der Waals surface area contributed by atoms with E-state index in [9.17, 15) is 4.39 Å². The lowest BCUT2D eigenvalue weighted by atomic mass is 10.3. The Morgan fingerprint density at radius 3 is 3.00 bits per heavy atom. The smallest absolute Gasteiger partial charge is 0.148 e. The molecule has 1 aromatic carbocycles. The predicted octanol–water partition coefficient (Wildman–Crippen LogP) is 3.98. The molecule has 0 saturated heterocycles. The number of hydrogen-bond acceptors (Lipinski definition) is 4.